The molecule has 2 aliphatic carbocycles. The lowest BCUT2D eigenvalue weighted by molar-refractivity contribution is -0.144. The van der Waals surface area contributed by atoms with Gasteiger partial charge in [0, 0.05) is 24.7 Å². The summed E-state index contributed by atoms with van der Waals surface area (Å²) in [6, 6.07) is 14.1. The Morgan fingerprint density at radius 1 is 0.810 bits per heavy atom. The van der Waals surface area contributed by atoms with E-state index in [0.717, 1.165) is 63.4 Å². The van der Waals surface area contributed by atoms with E-state index in [0.29, 0.717) is 0 Å². The number of carbonyl (C=O) groups excluding carboxylic acids is 3. The highest BCUT2D eigenvalue weighted by Crippen LogP contribution is 2.39. The van der Waals surface area contributed by atoms with Crippen LogP contribution in [0.2, 0.25) is 0 Å². The molecule has 2 saturated carbocycles. The van der Waals surface area contributed by atoms with Crippen molar-refractivity contribution in [3.63, 3.8) is 0 Å². The number of carboxylic acids is 1. The molecule has 0 aromatic heterocycles. The van der Waals surface area contributed by atoms with E-state index < -0.39 is 41.7 Å². The molecule has 3 aliphatic rings. The summed E-state index contributed by atoms with van der Waals surface area (Å²) in [4.78, 5) is 56.9. The number of amides is 3. The summed E-state index contributed by atoms with van der Waals surface area (Å²) < 4.78 is 13.6. The van der Waals surface area contributed by atoms with Crippen molar-refractivity contribution < 1.29 is 28.7 Å². The quantitative estimate of drug-likeness (QED) is 0.439. The first-order chi connectivity index (χ1) is 20.3. The van der Waals surface area contributed by atoms with Gasteiger partial charge >= 0.3 is 5.97 Å². The summed E-state index contributed by atoms with van der Waals surface area (Å²) in [6.45, 7) is 0.312. The van der Waals surface area contributed by atoms with Crippen LogP contribution in [0, 0.1) is 17.7 Å². The third-order valence-corrected chi connectivity index (χ3v) is 9.28. The van der Waals surface area contributed by atoms with Gasteiger partial charge in [-0.25, -0.2) is 4.39 Å². The molecule has 1 aliphatic heterocycles. The van der Waals surface area contributed by atoms with E-state index in [-0.39, 0.29) is 42.8 Å². The van der Waals surface area contributed by atoms with Crippen LogP contribution >= 0.6 is 0 Å². The highest BCUT2D eigenvalue weighted by molar-refractivity contribution is 6.00. The number of rotatable bonds is 9. The maximum absolute atomic E-state index is 14.4. The predicted molar refractivity (Wildman–Crippen MR) is 155 cm³/mol. The summed E-state index contributed by atoms with van der Waals surface area (Å²) >= 11 is 0. The van der Waals surface area contributed by atoms with Crippen molar-refractivity contribution in [2.75, 3.05) is 13.1 Å². The van der Waals surface area contributed by atoms with Crippen LogP contribution in [0.25, 0.3) is 0 Å². The lowest BCUT2D eigenvalue weighted by Crippen LogP contribution is -2.57. The van der Waals surface area contributed by atoms with Gasteiger partial charge in [0.05, 0.1) is 12.3 Å². The van der Waals surface area contributed by atoms with Crippen LogP contribution in [-0.2, 0) is 14.4 Å². The Morgan fingerprint density at radius 3 is 2.05 bits per heavy atom. The summed E-state index contributed by atoms with van der Waals surface area (Å²) in [7, 11) is 0. The second-order valence-corrected chi connectivity index (χ2v) is 12.0. The number of hydrogen-bond donors (Lipinski definition) is 2. The van der Waals surface area contributed by atoms with Gasteiger partial charge in [0.2, 0.25) is 5.91 Å². The van der Waals surface area contributed by atoms with Gasteiger partial charge < -0.3 is 20.2 Å². The Balaban J connectivity index is 1.47. The number of benzene rings is 2. The first-order valence-corrected chi connectivity index (χ1v) is 15.3. The number of nitrogens with one attached hydrogen (secondary N) is 1. The molecule has 9 heteroatoms. The molecule has 2 aromatic carbocycles. The van der Waals surface area contributed by atoms with Crippen molar-refractivity contribution in [1.82, 2.24) is 15.1 Å². The number of carbonyl (C=O) groups is 4. The van der Waals surface area contributed by atoms with Crippen LogP contribution in [-0.4, -0.2) is 63.9 Å². The Hall–Kier alpha value is -3.75. The Kier molecular flexibility index (Phi) is 9.55. The average Bonchev–Trinajstić information content (AvgIpc) is 3.69. The maximum Gasteiger partial charge on any atom is 0.305 e. The number of aliphatic carboxylic acids is 1. The third-order valence-electron chi connectivity index (χ3n) is 9.28. The molecule has 1 saturated heterocycles. The monoisotopic (exact) mass is 577 g/mol. The van der Waals surface area contributed by atoms with E-state index >= 15 is 0 Å². The summed E-state index contributed by atoms with van der Waals surface area (Å²) in [6.07, 6.45) is 7.12. The van der Waals surface area contributed by atoms with E-state index in [1.54, 1.807) is 0 Å². The highest BCUT2D eigenvalue weighted by atomic mass is 19.1. The number of hydrogen-bond acceptors (Lipinski definition) is 4. The molecule has 3 amide bonds. The van der Waals surface area contributed by atoms with Gasteiger partial charge in [-0.15, -0.1) is 0 Å². The Bertz CT molecular complexity index is 1260. The van der Waals surface area contributed by atoms with Crippen LogP contribution < -0.4 is 5.32 Å². The van der Waals surface area contributed by atoms with Crippen LogP contribution in [0.5, 0.6) is 0 Å². The van der Waals surface area contributed by atoms with Crippen LogP contribution in [0.3, 0.4) is 0 Å². The maximum atomic E-state index is 14.4. The molecule has 3 atom stereocenters. The zero-order chi connectivity index (χ0) is 29.6. The third kappa shape index (κ3) is 6.66. The first kappa shape index (κ1) is 29.7. The fourth-order valence-corrected chi connectivity index (χ4v) is 7.18. The second-order valence-electron chi connectivity index (χ2n) is 12.0. The minimum atomic E-state index is -1.23. The van der Waals surface area contributed by atoms with Crippen LogP contribution in [0.1, 0.15) is 86.0 Å². The van der Waals surface area contributed by atoms with E-state index in [4.69, 9.17) is 0 Å². The van der Waals surface area contributed by atoms with Crippen molar-refractivity contribution in [3.8, 4) is 0 Å². The molecule has 1 heterocycles. The molecule has 5 rings (SSSR count). The lowest BCUT2D eigenvalue weighted by atomic mass is 9.82. The molecular formula is C33H40FN3O5. The first-order valence-electron chi connectivity index (χ1n) is 15.3. The van der Waals surface area contributed by atoms with E-state index in [1.165, 1.54) is 34.1 Å². The number of carboxylic acid groups (broad SMARTS) is 1. The summed E-state index contributed by atoms with van der Waals surface area (Å²) in [5.74, 6) is -3.01. The van der Waals surface area contributed by atoms with E-state index in [1.807, 2.05) is 30.3 Å². The fraction of sp³-hybridized carbons (Fsp3) is 0.515. The molecule has 224 valence electrons. The molecule has 2 aromatic rings. The number of halogens is 1. The zero-order valence-electron chi connectivity index (χ0n) is 23.9. The predicted octanol–water partition coefficient (Wildman–Crippen LogP) is 4.95. The Labute approximate surface area is 246 Å². The van der Waals surface area contributed by atoms with Crippen molar-refractivity contribution >= 4 is 23.7 Å². The van der Waals surface area contributed by atoms with Crippen molar-refractivity contribution in [3.05, 3.63) is 71.5 Å². The van der Waals surface area contributed by atoms with Gasteiger partial charge in [-0.2, -0.15) is 0 Å². The zero-order valence-corrected chi connectivity index (χ0v) is 23.9. The highest BCUT2D eigenvalue weighted by Gasteiger charge is 2.47. The van der Waals surface area contributed by atoms with Gasteiger partial charge in [-0.05, 0) is 67.3 Å². The van der Waals surface area contributed by atoms with Gasteiger partial charge in [0.1, 0.15) is 5.82 Å². The lowest BCUT2D eigenvalue weighted by Gasteiger charge is -2.36. The molecule has 2 N–H and O–H groups in total. The molecule has 42 heavy (non-hydrogen) atoms. The van der Waals surface area contributed by atoms with Crippen LogP contribution in [0.4, 0.5) is 4.39 Å². The smallest absolute Gasteiger partial charge is 0.305 e. The topological polar surface area (TPSA) is 107 Å². The van der Waals surface area contributed by atoms with Gasteiger partial charge in [0.15, 0.2) is 6.17 Å². The van der Waals surface area contributed by atoms with Gasteiger partial charge in [0.25, 0.3) is 11.8 Å². The Morgan fingerprint density at radius 2 is 1.40 bits per heavy atom. The van der Waals surface area contributed by atoms with Crippen molar-refractivity contribution in [2.45, 2.75) is 82.3 Å². The minimum Gasteiger partial charge on any atom is -0.481 e. The largest absolute Gasteiger partial charge is 0.481 e. The SMILES string of the molecule is O=C(O)CC(NC(=O)C1N(C(=O)c2ccc(F)cc2)CCN1C(=O)C(c1ccccc1)C1CCCC1)C1CCCCC1. The molecule has 3 unspecified atom stereocenters. The second kappa shape index (κ2) is 13.5. The minimum absolute atomic E-state index is 0.0150. The molecule has 0 radical (unpaired) electrons. The van der Waals surface area contributed by atoms with E-state index in [9.17, 15) is 28.7 Å². The summed E-state index contributed by atoms with van der Waals surface area (Å²) in [5, 5.41) is 12.6. The number of nitrogens with zero attached hydrogens (tertiary/aromatic N) is 2. The summed E-state index contributed by atoms with van der Waals surface area (Å²) in [5.41, 5.74) is 1.11. The van der Waals surface area contributed by atoms with Crippen molar-refractivity contribution in [2.24, 2.45) is 11.8 Å². The van der Waals surface area contributed by atoms with Crippen molar-refractivity contribution in [1.29, 1.82) is 0 Å². The van der Waals surface area contributed by atoms with E-state index in [2.05, 4.69) is 5.32 Å². The van der Waals surface area contributed by atoms with Crippen LogP contribution in [0.15, 0.2) is 54.6 Å². The fourth-order valence-electron chi connectivity index (χ4n) is 7.18. The molecule has 8 nitrogen and oxygen atoms in total. The van der Waals surface area contributed by atoms with Gasteiger partial charge in [-0.3, -0.25) is 19.2 Å². The molecular weight excluding hydrogens is 537 g/mol. The molecule has 0 bridgehead atoms. The van der Waals surface area contributed by atoms with Gasteiger partial charge in [-0.1, -0.05) is 62.4 Å². The average molecular weight is 578 g/mol. The molecule has 3 fully saturated rings. The molecule has 0 spiro atoms. The standard InChI is InChI=1S/C33H40FN3O5/c34-26-17-15-25(16-18-26)32(41)36-19-20-37(33(42)29(24-13-7-8-14-24)23-11-5-2-6-12-23)31(36)30(40)35-27(21-28(38)39)22-9-3-1-4-10-22/h2,5-6,11-12,15-18,22,24,27,29,31H,1,3-4,7-10,13-14,19-21H2,(H,35,40)(H,38,39). The normalized spacial score (nSPS) is 21.2.